The molecule has 1 N–H and O–H groups in total. The number of nitrogens with zero attached hydrogens (tertiary/aromatic N) is 3. The van der Waals surface area contributed by atoms with E-state index in [1.165, 1.54) is 19.3 Å². The van der Waals surface area contributed by atoms with Crippen LogP contribution in [0.15, 0.2) is 42.7 Å². The van der Waals surface area contributed by atoms with Gasteiger partial charge in [0.05, 0.1) is 6.54 Å². The van der Waals surface area contributed by atoms with Crippen molar-refractivity contribution >= 4 is 5.91 Å². The van der Waals surface area contributed by atoms with Gasteiger partial charge in [-0.05, 0) is 31.5 Å². The molecule has 0 radical (unpaired) electrons. The molecule has 0 spiro atoms. The maximum Gasteiger partial charge on any atom is 0.235 e. The molecule has 5 nitrogen and oxygen atoms in total. The predicted octanol–water partition coefficient (Wildman–Crippen LogP) is 2.11. The summed E-state index contributed by atoms with van der Waals surface area (Å²) in [4.78, 5) is 19.2. The zero-order valence-electron chi connectivity index (χ0n) is 13.6. The van der Waals surface area contributed by atoms with Gasteiger partial charge in [0, 0.05) is 19.4 Å². The number of aryl methyl sites for hydroxylation is 1. The molecule has 2 heterocycles. The van der Waals surface area contributed by atoms with E-state index < -0.39 is 0 Å². The zero-order valence-corrected chi connectivity index (χ0v) is 13.6. The number of nitrogens with one attached hydrogen (secondary N) is 1. The molecule has 0 aliphatic carbocycles. The quantitative estimate of drug-likeness (QED) is 0.920. The number of likely N-dealkylation sites (tertiary alicyclic amines) is 1. The van der Waals surface area contributed by atoms with Gasteiger partial charge in [-0.3, -0.25) is 9.69 Å². The van der Waals surface area contributed by atoms with E-state index in [4.69, 9.17) is 0 Å². The van der Waals surface area contributed by atoms with E-state index in [9.17, 15) is 4.79 Å². The molecule has 1 aromatic heterocycles. The number of aromatic nitrogens is 2. The summed E-state index contributed by atoms with van der Waals surface area (Å²) in [5.41, 5.74) is 1.05. The summed E-state index contributed by atoms with van der Waals surface area (Å²) in [7, 11) is 1.95. The van der Waals surface area contributed by atoms with Crippen LogP contribution >= 0.6 is 0 Å². The highest BCUT2D eigenvalue weighted by Gasteiger charge is 2.22. The van der Waals surface area contributed by atoms with Crippen molar-refractivity contribution in [1.29, 1.82) is 0 Å². The number of hydrogen-bond donors (Lipinski definition) is 1. The standard InChI is InChI=1S/C18H24N4O/c1-21-13-10-19-18(21)17(15-8-4-2-5-9-15)20-16(23)14-22-11-6-3-7-12-22/h2,4-5,8-10,13,17H,3,6-7,11-12,14H2,1H3,(H,20,23)/t17-/m0/s1. The maximum absolute atomic E-state index is 12.5. The Hall–Kier alpha value is -2.14. The number of carbonyl (C=O) groups is 1. The maximum atomic E-state index is 12.5. The second-order valence-corrected chi connectivity index (χ2v) is 6.14. The minimum atomic E-state index is -0.214. The lowest BCUT2D eigenvalue weighted by molar-refractivity contribution is -0.123. The Morgan fingerprint density at radius 1 is 1.22 bits per heavy atom. The van der Waals surface area contributed by atoms with Crippen LogP contribution in [0, 0.1) is 0 Å². The molecule has 1 amide bonds. The molecule has 122 valence electrons. The van der Waals surface area contributed by atoms with Gasteiger partial charge in [0.2, 0.25) is 5.91 Å². The first-order chi connectivity index (χ1) is 11.2. The molecule has 1 saturated heterocycles. The number of amides is 1. The second kappa shape index (κ2) is 7.42. The van der Waals surface area contributed by atoms with E-state index in [1.54, 1.807) is 6.20 Å². The van der Waals surface area contributed by atoms with Gasteiger partial charge in [-0.2, -0.15) is 0 Å². The van der Waals surface area contributed by atoms with E-state index in [0.29, 0.717) is 6.54 Å². The highest BCUT2D eigenvalue weighted by atomic mass is 16.2. The molecule has 0 unspecified atom stereocenters. The smallest absolute Gasteiger partial charge is 0.235 e. The van der Waals surface area contributed by atoms with Crippen molar-refractivity contribution in [1.82, 2.24) is 19.8 Å². The summed E-state index contributed by atoms with van der Waals surface area (Å²) in [5, 5.41) is 3.16. The molecule has 2 aromatic rings. The van der Waals surface area contributed by atoms with Crippen LogP contribution in [-0.4, -0.2) is 40.0 Å². The van der Waals surface area contributed by atoms with Crippen LogP contribution < -0.4 is 5.32 Å². The van der Waals surface area contributed by atoms with Crippen LogP contribution in [0.1, 0.15) is 36.7 Å². The minimum absolute atomic E-state index is 0.0590. The summed E-state index contributed by atoms with van der Waals surface area (Å²) < 4.78 is 1.96. The topological polar surface area (TPSA) is 50.2 Å². The molecule has 0 bridgehead atoms. The Labute approximate surface area is 137 Å². The average Bonchev–Trinajstić information content (AvgIpc) is 3.00. The molecular formula is C18H24N4O. The number of rotatable bonds is 5. The first kappa shape index (κ1) is 15.7. The van der Waals surface area contributed by atoms with Crippen LogP contribution in [0.5, 0.6) is 0 Å². The minimum Gasteiger partial charge on any atom is -0.341 e. The third kappa shape index (κ3) is 3.99. The van der Waals surface area contributed by atoms with Gasteiger partial charge >= 0.3 is 0 Å². The van der Waals surface area contributed by atoms with Crippen molar-refractivity contribution in [3.05, 3.63) is 54.1 Å². The van der Waals surface area contributed by atoms with Gasteiger partial charge in [0.1, 0.15) is 11.9 Å². The molecule has 1 aliphatic heterocycles. The van der Waals surface area contributed by atoms with Gasteiger partial charge in [0.15, 0.2) is 0 Å². The van der Waals surface area contributed by atoms with Crippen molar-refractivity contribution in [2.24, 2.45) is 7.05 Å². The Kier molecular flexibility index (Phi) is 5.08. The summed E-state index contributed by atoms with van der Waals surface area (Å²) in [6.07, 6.45) is 7.33. The lowest BCUT2D eigenvalue weighted by Crippen LogP contribution is -2.41. The van der Waals surface area contributed by atoms with Crippen LogP contribution in [0.25, 0.3) is 0 Å². The van der Waals surface area contributed by atoms with E-state index in [-0.39, 0.29) is 11.9 Å². The summed E-state index contributed by atoms with van der Waals surface area (Å²) in [6.45, 7) is 2.51. The van der Waals surface area contributed by atoms with Crippen LogP contribution in [0.4, 0.5) is 0 Å². The normalized spacial score (nSPS) is 16.9. The lowest BCUT2D eigenvalue weighted by atomic mass is 10.1. The van der Waals surface area contributed by atoms with Crippen molar-refractivity contribution in [2.75, 3.05) is 19.6 Å². The number of benzene rings is 1. The Balaban J connectivity index is 1.74. The Morgan fingerprint density at radius 2 is 1.96 bits per heavy atom. The first-order valence-electron chi connectivity index (χ1n) is 8.28. The largest absolute Gasteiger partial charge is 0.341 e. The van der Waals surface area contributed by atoms with Crippen molar-refractivity contribution in [2.45, 2.75) is 25.3 Å². The number of imidazole rings is 1. The zero-order chi connectivity index (χ0) is 16.1. The van der Waals surface area contributed by atoms with E-state index in [1.807, 2.05) is 48.1 Å². The SMILES string of the molecule is Cn1ccnc1[C@@H](NC(=O)CN1CCCCC1)c1ccccc1. The second-order valence-electron chi connectivity index (χ2n) is 6.14. The molecule has 23 heavy (non-hydrogen) atoms. The van der Waals surface area contributed by atoms with Crippen molar-refractivity contribution in [3.63, 3.8) is 0 Å². The van der Waals surface area contributed by atoms with Gasteiger partial charge < -0.3 is 9.88 Å². The predicted molar refractivity (Wildman–Crippen MR) is 89.9 cm³/mol. The molecule has 1 aromatic carbocycles. The lowest BCUT2D eigenvalue weighted by Gasteiger charge is -2.27. The van der Waals surface area contributed by atoms with Gasteiger partial charge in [-0.15, -0.1) is 0 Å². The monoisotopic (exact) mass is 312 g/mol. The summed E-state index contributed by atoms with van der Waals surface area (Å²) in [5.74, 6) is 0.909. The van der Waals surface area contributed by atoms with Crippen LogP contribution in [-0.2, 0) is 11.8 Å². The van der Waals surface area contributed by atoms with Crippen molar-refractivity contribution < 1.29 is 4.79 Å². The Morgan fingerprint density at radius 3 is 2.61 bits per heavy atom. The average molecular weight is 312 g/mol. The summed E-state index contributed by atoms with van der Waals surface area (Å²) >= 11 is 0. The van der Waals surface area contributed by atoms with E-state index >= 15 is 0 Å². The van der Waals surface area contributed by atoms with E-state index in [0.717, 1.165) is 24.5 Å². The van der Waals surface area contributed by atoms with Gasteiger partial charge in [-0.25, -0.2) is 4.98 Å². The fourth-order valence-corrected chi connectivity index (χ4v) is 3.12. The molecular weight excluding hydrogens is 288 g/mol. The fourth-order valence-electron chi connectivity index (χ4n) is 3.12. The fraction of sp³-hybridized carbons (Fsp3) is 0.444. The van der Waals surface area contributed by atoms with Crippen molar-refractivity contribution in [3.8, 4) is 0 Å². The third-order valence-corrected chi connectivity index (χ3v) is 4.37. The molecule has 1 fully saturated rings. The molecule has 5 heteroatoms. The highest BCUT2D eigenvalue weighted by Crippen LogP contribution is 2.20. The van der Waals surface area contributed by atoms with E-state index in [2.05, 4.69) is 15.2 Å². The first-order valence-corrected chi connectivity index (χ1v) is 8.28. The number of piperidine rings is 1. The number of carbonyl (C=O) groups excluding carboxylic acids is 1. The molecule has 1 aliphatic rings. The van der Waals surface area contributed by atoms with Crippen LogP contribution in [0.2, 0.25) is 0 Å². The molecule has 1 atom stereocenters. The Bertz CT molecular complexity index is 631. The third-order valence-electron chi connectivity index (χ3n) is 4.37. The summed E-state index contributed by atoms with van der Waals surface area (Å²) in [6, 6.07) is 9.80. The molecule has 0 saturated carbocycles. The molecule has 3 rings (SSSR count). The van der Waals surface area contributed by atoms with Crippen LogP contribution in [0.3, 0.4) is 0 Å². The van der Waals surface area contributed by atoms with Gasteiger partial charge in [0.25, 0.3) is 0 Å². The highest BCUT2D eigenvalue weighted by molar-refractivity contribution is 5.79. The number of hydrogen-bond acceptors (Lipinski definition) is 3. The van der Waals surface area contributed by atoms with Gasteiger partial charge in [-0.1, -0.05) is 36.8 Å².